The fourth-order valence-corrected chi connectivity index (χ4v) is 4.81. The molecule has 0 saturated heterocycles. The molecule has 0 fully saturated rings. The molecular formula is C22H27F3N2O6S2. The first-order valence-electron chi connectivity index (χ1n) is 10.5. The molecule has 13 heteroatoms. The van der Waals surface area contributed by atoms with Crippen molar-refractivity contribution in [2.24, 2.45) is 0 Å². The van der Waals surface area contributed by atoms with Crippen LogP contribution in [0.3, 0.4) is 0 Å². The Kier molecular flexibility index (Phi) is 8.27. The van der Waals surface area contributed by atoms with E-state index in [1.807, 2.05) is 6.92 Å². The van der Waals surface area contributed by atoms with Crippen LogP contribution < -0.4 is 4.18 Å². The second-order valence-electron chi connectivity index (χ2n) is 8.26. The Morgan fingerprint density at radius 2 is 1.69 bits per heavy atom. The van der Waals surface area contributed by atoms with Gasteiger partial charge in [0.25, 0.3) is 0 Å². The number of allylic oxidation sites excluding steroid dienone is 2. The standard InChI is InChI=1S/C22H27F3N2O6S2/c1-7-8-11-27-21(33-35(31,32)22(23,24)25)17(12-26-27)20(28)16-9-10-18(34(6,29)30)19(15(16)5)14(4)13(2)3/h9-10,12H,7-8,11H2,1-6H3. The van der Waals surface area contributed by atoms with Crippen LogP contribution in [-0.4, -0.2) is 44.2 Å². The molecule has 0 radical (unpaired) electrons. The van der Waals surface area contributed by atoms with Crippen molar-refractivity contribution >= 4 is 31.3 Å². The zero-order valence-corrected chi connectivity index (χ0v) is 21.8. The normalized spacial score (nSPS) is 12.5. The summed E-state index contributed by atoms with van der Waals surface area (Å²) in [7, 11) is -9.76. The topological polar surface area (TPSA) is 112 Å². The predicted molar refractivity (Wildman–Crippen MR) is 124 cm³/mol. The average molecular weight is 537 g/mol. The SMILES string of the molecule is CCCCn1ncc(C(=O)c2ccc(S(C)(=O)=O)c(C(C)=C(C)C)c2C)c1OS(=O)(=O)C(F)(F)F. The van der Waals surface area contributed by atoms with Crippen molar-refractivity contribution in [1.82, 2.24) is 9.78 Å². The van der Waals surface area contributed by atoms with Crippen LogP contribution in [0.1, 0.15) is 67.6 Å². The van der Waals surface area contributed by atoms with Gasteiger partial charge in [-0.2, -0.15) is 26.7 Å². The quantitative estimate of drug-likeness (QED) is 0.260. The van der Waals surface area contributed by atoms with Crippen LogP contribution in [-0.2, 0) is 26.5 Å². The van der Waals surface area contributed by atoms with E-state index in [1.54, 1.807) is 20.8 Å². The predicted octanol–water partition coefficient (Wildman–Crippen LogP) is 4.67. The Labute approximate surface area is 202 Å². The highest BCUT2D eigenvalue weighted by Gasteiger charge is 2.49. The summed E-state index contributed by atoms with van der Waals surface area (Å²) in [6, 6.07) is 2.48. The summed E-state index contributed by atoms with van der Waals surface area (Å²) in [5.41, 5.74) is -4.29. The number of aromatic nitrogens is 2. The van der Waals surface area contributed by atoms with Crippen LogP contribution in [0.25, 0.3) is 5.57 Å². The molecule has 0 aliphatic carbocycles. The Bertz CT molecular complexity index is 1380. The number of benzene rings is 1. The van der Waals surface area contributed by atoms with E-state index in [2.05, 4.69) is 9.28 Å². The fraction of sp³-hybridized carbons (Fsp3) is 0.455. The smallest absolute Gasteiger partial charge is 0.355 e. The Morgan fingerprint density at radius 3 is 2.17 bits per heavy atom. The summed E-state index contributed by atoms with van der Waals surface area (Å²) in [6.45, 7) is 8.55. The van der Waals surface area contributed by atoms with E-state index >= 15 is 0 Å². The molecule has 0 aliphatic heterocycles. The first kappa shape index (κ1) is 28.6. The van der Waals surface area contributed by atoms with E-state index in [-0.39, 0.29) is 22.6 Å². The summed E-state index contributed by atoms with van der Waals surface area (Å²) in [4.78, 5) is 13.4. The van der Waals surface area contributed by atoms with Crippen molar-refractivity contribution in [3.05, 3.63) is 46.2 Å². The third-order valence-electron chi connectivity index (χ3n) is 5.43. The molecule has 0 N–H and O–H groups in total. The number of unbranched alkanes of at least 4 members (excludes halogenated alkanes) is 1. The maximum Gasteiger partial charge on any atom is 0.534 e. The van der Waals surface area contributed by atoms with Gasteiger partial charge in [0, 0.05) is 18.4 Å². The second-order valence-corrected chi connectivity index (χ2v) is 11.8. The first-order chi connectivity index (χ1) is 15.9. The third kappa shape index (κ3) is 5.95. The van der Waals surface area contributed by atoms with Gasteiger partial charge in [0.15, 0.2) is 15.6 Å². The van der Waals surface area contributed by atoms with Crippen molar-refractivity contribution in [3.63, 3.8) is 0 Å². The minimum Gasteiger partial charge on any atom is -0.355 e. The molecule has 2 aromatic rings. The molecule has 2 rings (SSSR count). The molecule has 0 atom stereocenters. The lowest BCUT2D eigenvalue weighted by Gasteiger charge is -2.17. The van der Waals surface area contributed by atoms with Crippen molar-refractivity contribution < 1.29 is 39.0 Å². The van der Waals surface area contributed by atoms with Crippen LogP contribution in [0.4, 0.5) is 13.2 Å². The van der Waals surface area contributed by atoms with Gasteiger partial charge in [0.1, 0.15) is 5.56 Å². The number of ketones is 1. The Hall–Kier alpha value is -2.67. The number of carbonyl (C=O) groups is 1. The van der Waals surface area contributed by atoms with E-state index in [1.165, 1.54) is 19.1 Å². The zero-order valence-electron chi connectivity index (χ0n) is 20.1. The summed E-state index contributed by atoms with van der Waals surface area (Å²) < 4.78 is 92.5. The molecule has 35 heavy (non-hydrogen) atoms. The largest absolute Gasteiger partial charge is 0.534 e. The summed E-state index contributed by atoms with van der Waals surface area (Å²) >= 11 is 0. The number of alkyl halides is 3. The van der Waals surface area contributed by atoms with Gasteiger partial charge in [-0.15, -0.1) is 0 Å². The van der Waals surface area contributed by atoms with E-state index in [0.29, 0.717) is 24.0 Å². The molecule has 1 heterocycles. The number of rotatable bonds is 9. The average Bonchev–Trinajstić information content (AvgIpc) is 3.11. The van der Waals surface area contributed by atoms with Crippen molar-refractivity contribution in [1.29, 1.82) is 0 Å². The molecule has 1 aromatic carbocycles. The highest BCUT2D eigenvalue weighted by atomic mass is 32.2. The minimum atomic E-state index is -6.08. The molecule has 1 aromatic heterocycles. The van der Waals surface area contributed by atoms with Crippen molar-refractivity contribution in [2.45, 2.75) is 64.4 Å². The third-order valence-corrected chi connectivity index (χ3v) is 7.51. The van der Waals surface area contributed by atoms with Gasteiger partial charge in [-0.05, 0) is 62.9 Å². The van der Waals surface area contributed by atoms with Crippen LogP contribution >= 0.6 is 0 Å². The number of halogens is 3. The maximum atomic E-state index is 13.4. The Morgan fingerprint density at radius 1 is 1.09 bits per heavy atom. The van der Waals surface area contributed by atoms with Gasteiger partial charge >= 0.3 is 15.6 Å². The number of hydrogen-bond acceptors (Lipinski definition) is 7. The first-order valence-corrected chi connectivity index (χ1v) is 13.8. The van der Waals surface area contributed by atoms with E-state index in [4.69, 9.17) is 0 Å². The van der Waals surface area contributed by atoms with E-state index < -0.39 is 42.7 Å². The monoisotopic (exact) mass is 536 g/mol. The lowest BCUT2D eigenvalue weighted by Crippen LogP contribution is -2.29. The molecular weight excluding hydrogens is 509 g/mol. The molecule has 0 unspecified atom stereocenters. The van der Waals surface area contributed by atoms with E-state index in [0.717, 1.165) is 22.7 Å². The van der Waals surface area contributed by atoms with E-state index in [9.17, 15) is 34.8 Å². The van der Waals surface area contributed by atoms with Crippen molar-refractivity contribution in [2.75, 3.05) is 6.26 Å². The molecule has 0 amide bonds. The number of nitrogens with zero attached hydrogens (tertiary/aromatic N) is 2. The summed E-state index contributed by atoms with van der Waals surface area (Å²) in [5.74, 6) is -1.71. The second kappa shape index (κ2) is 10.1. The van der Waals surface area contributed by atoms with Gasteiger partial charge in [0.2, 0.25) is 5.88 Å². The zero-order chi connectivity index (χ0) is 26.9. The van der Waals surface area contributed by atoms with Gasteiger partial charge in [-0.1, -0.05) is 18.9 Å². The number of carbonyl (C=O) groups excluding carboxylic acids is 1. The molecule has 0 bridgehead atoms. The number of sulfone groups is 1. The van der Waals surface area contributed by atoms with Crippen LogP contribution in [0, 0.1) is 6.92 Å². The van der Waals surface area contributed by atoms with Crippen LogP contribution in [0.15, 0.2) is 28.8 Å². The molecule has 194 valence electrons. The van der Waals surface area contributed by atoms with Gasteiger partial charge < -0.3 is 4.18 Å². The fourth-order valence-electron chi connectivity index (χ4n) is 3.34. The van der Waals surface area contributed by atoms with Gasteiger partial charge in [0.05, 0.1) is 11.1 Å². The molecule has 0 saturated carbocycles. The maximum absolute atomic E-state index is 13.4. The lowest BCUT2D eigenvalue weighted by molar-refractivity contribution is -0.0502. The minimum absolute atomic E-state index is 0.0139. The van der Waals surface area contributed by atoms with Gasteiger partial charge in [-0.25, -0.2) is 13.1 Å². The van der Waals surface area contributed by atoms with Gasteiger partial charge in [-0.3, -0.25) is 4.79 Å². The number of aryl methyl sites for hydroxylation is 1. The van der Waals surface area contributed by atoms with Crippen LogP contribution in [0.5, 0.6) is 5.88 Å². The number of hydrogen-bond donors (Lipinski definition) is 0. The lowest BCUT2D eigenvalue weighted by atomic mass is 9.91. The highest BCUT2D eigenvalue weighted by molar-refractivity contribution is 7.90. The van der Waals surface area contributed by atoms with Crippen LogP contribution in [0.2, 0.25) is 0 Å². The molecule has 8 nitrogen and oxygen atoms in total. The molecule has 0 spiro atoms. The molecule has 0 aliphatic rings. The summed E-state index contributed by atoms with van der Waals surface area (Å²) in [6.07, 6.45) is 3.02. The van der Waals surface area contributed by atoms with Crippen molar-refractivity contribution in [3.8, 4) is 5.88 Å². The highest BCUT2D eigenvalue weighted by Crippen LogP contribution is 2.34. The summed E-state index contributed by atoms with van der Waals surface area (Å²) in [5, 5.41) is 3.87. The Balaban J connectivity index is 2.78.